The number of hydrogen-bond acceptors (Lipinski definition) is 3. The van der Waals surface area contributed by atoms with Crippen molar-refractivity contribution < 1.29 is 4.42 Å². The van der Waals surface area contributed by atoms with Crippen LogP contribution in [0.2, 0.25) is 0 Å². The largest absolute Gasteiger partial charge is 0.439 e. The zero-order valence-electron chi connectivity index (χ0n) is 8.99. The van der Waals surface area contributed by atoms with E-state index in [1.165, 1.54) is 18.4 Å². The maximum atomic E-state index is 5.48. The van der Waals surface area contributed by atoms with Crippen molar-refractivity contribution in [2.24, 2.45) is 5.73 Å². The van der Waals surface area contributed by atoms with Gasteiger partial charge in [0.25, 0.3) is 0 Å². The van der Waals surface area contributed by atoms with Crippen molar-refractivity contribution >= 4 is 11.1 Å². The van der Waals surface area contributed by atoms with E-state index >= 15 is 0 Å². The van der Waals surface area contributed by atoms with Gasteiger partial charge in [-0.05, 0) is 30.5 Å². The predicted molar refractivity (Wildman–Crippen MR) is 60.5 cm³/mol. The van der Waals surface area contributed by atoms with Crippen molar-refractivity contribution in [2.75, 3.05) is 0 Å². The Kier molecular flexibility index (Phi) is 3.02. The van der Waals surface area contributed by atoms with E-state index in [2.05, 4.69) is 24.0 Å². The summed E-state index contributed by atoms with van der Waals surface area (Å²) in [5.41, 5.74) is 8.55. The van der Waals surface area contributed by atoms with Crippen LogP contribution in [0.15, 0.2) is 22.6 Å². The number of nitrogens with two attached hydrogens (primary N) is 1. The van der Waals surface area contributed by atoms with Crippen LogP contribution in [0.25, 0.3) is 11.1 Å². The van der Waals surface area contributed by atoms with Crippen LogP contribution in [0.1, 0.15) is 31.2 Å². The van der Waals surface area contributed by atoms with Crippen molar-refractivity contribution in [2.45, 2.75) is 32.7 Å². The van der Waals surface area contributed by atoms with Gasteiger partial charge < -0.3 is 10.2 Å². The van der Waals surface area contributed by atoms with Crippen LogP contribution < -0.4 is 5.73 Å². The van der Waals surface area contributed by atoms with E-state index in [4.69, 9.17) is 10.2 Å². The number of hydrogen-bond donors (Lipinski definition) is 1. The van der Waals surface area contributed by atoms with E-state index in [0.29, 0.717) is 12.4 Å². The minimum absolute atomic E-state index is 0.360. The monoisotopic (exact) mass is 204 g/mol. The SMILES string of the molecule is CCCCc1ccc2oc(CN)nc2c1. The van der Waals surface area contributed by atoms with Crippen LogP contribution in [-0.4, -0.2) is 4.98 Å². The number of rotatable bonds is 4. The van der Waals surface area contributed by atoms with E-state index in [0.717, 1.165) is 17.5 Å². The third-order valence-electron chi connectivity index (χ3n) is 2.49. The van der Waals surface area contributed by atoms with Gasteiger partial charge in [-0.1, -0.05) is 19.4 Å². The van der Waals surface area contributed by atoms with Gasteiger partial charge in [0, 0.05) is 0 Å². The maximum Gasteiger partial charge on any atom is 0.209 e. The second-order valence-corrected chi connectivity index (χ2v) is 3.72. The van der Waals surface area contributed by atoms with Crippen molar-refractivity contribution in [3.63, 3.8) is 0 Å². The van der Waals surface area contributed by atoms with Gasteiger partial charge in [0.05, 0.1) is 6.54 Å². The van der Waals surface area contributed by atoms with Gasteiger partial charge in [-0.2, -0.15) is 0 Å². The van der Waals surface area contributed by atoms with Gasteiger partial charge in [0.2, 0.25) is 5.89 Å². The molecule has 0 aliphatic rings. The number of unbranched alkanes of at least 4 members (excludes halogenated alkanes) is 1. The minimum atomic E-state index is 0.360. The lowest BCUT2D eigenvalue weighted by molar-refractivity contribution is 0.533. The van der Waals surface area contributed by atoms with Gasteiger partial charge in [0.1, 0.15) is 5.52 Å². The Hall–Kier alpha value is -1.35. The summed E-state index contributed by atoms with van der Waals surface area (Å²) in [6.45, 7) is 2.56. The predicted octanol–water partition coefficient (Wildman–Crippen LogP) is 2.63. The molecule has 0 bridgehead atoms. The molecular weight excluding hydrogens is 188 g/mol. The molecule has 0 unspecified atom stereocenters. The summed E-state index contributed by atoms with van der Waals surface area (Å²) >= 11 is 0. The summed E-state index contributed by atoms with van der Waals surface area (Å²) < 4.78 is 5.44. The summed E-state index contributed by atoms with van der Waals surface area (Å²) in [4.78, 5) is 4.31. The Bertz CT molecular complexity index is 448. The van der Waals surface area contributed by atoms with Gasteiger partial charge in [-0.3, -0.25) is 0 Å². The fourth-order valence-electron chi connectivity index (χ4n) is 1.64. The number of oxazole rings is 1. The molecule has 0 saturated heterocycles. The Morgan fingerprint density at radius 1 is 1.40 bits per heavy atom. The Morgan fingerprint density at radius 3 is 3.00 bits per heavy atom. The zero-order chi connectivity index (χ0) is 10.7. The van der Waals surface area contributed by atoms with Crippen LogP contribution in [0.5, 0.6) is 0 Å². The van der Waals surface area contributed by atoms with Crippen molar-refractivity contribution in [1.82, 2.24) is 4.98 Å². The van der Waals surface area contributed by atoms with Gasteiger partial charge in [-0.15, -0.1) is 0 Å². The second kappa shape index (κ2) is 4.45. The highest BCUT2D eigenvalue weighted by atomic mass is 16.3. The minimum Gasteiger partial charge on any atom is -0.439 e. The van der Waals surface area contributed by atoms with Gasteiger partial charge in [-0.25, -0.2) is 4.98 Å². The molecule has 0 aliphatic carbocycles. The molecule has 0 saturated carbocycles. The molecule has 0 aliphatic heterocycles. The number of benzene rings is 1. The lowest BCUT2D eigenvalue weighted by atomic mass is 10.1. The highest BCUT2D eigenvalue weighted by molar-refractivity contribution is 5.73. The molecule has 1 aromatic carbocycles. The first-order valence-corrected chi connectivity index (χ1v) is 5.42. The summed E-state index contributed by atoms with van der Waals surface area (Å²) in [7, 11) is 0. The lowest BCUT2D eigenvalue weighted by Gasteiger charge is -1.97. The number of aryl methyl sites for hydroxylation is 1. The third-order valence-corrected chi connectivity index (χ3v) is 2.49. The molecule has 0 fully saturated rings. The molecule has 15 heavy (non-hydrogen) atoms. The zero-order valence-corrected chi connectivity index (χ0v) is 8.99. The highest BCUT2D eigenvalue weighted by Gasteiger charge is 2.04. The lowest BCUT2D eigenvalue weighted by Crippen LogP contribution is -1.95. The number of fused-ring (bicyclic) bond motifs is 1. The number of nitrogens with zero attached hydrogens (tertiary/aromatic N) is 1. The maximum absolute atomic E-state index is 5.48. The smallest absolute Gasteiger partial charge is 0.209 e. The van der Waals surface area contributed by atoms with Gasteiger partial charge >= 0.3 is 0 Å². The molecule has 0 atom stereocenters. The van der Waals surface area contributed by atoms with Crippen molar-refractivity contribution in [1.29, 1.82) is 0 Å². The van der Waals surface area contributed by atoms with Crippen LogP contribution in [0.3, 0.4) is 0 Å². The fourth-order valence-corrected chi connectivity index (χ4v) is 1.64. The molecular formula is C12H16N2O. The van der Waals surface area contributed by atoms with Crippen LogP contribution in [0.4, 0.5) is 0 Å². The normalized spacial score (nSPS) is 11.1. The second-order valence-electron chi connectivity index (χ2n) is 3.72. The molecule has 2 N–H and O–H groups in total. The molecule has 80 valence electrons. The Balaban J connectivity index is 2.29. The van der Waals surface area contributed by atoms with Crippen LogP contribution in [-0.2, 0) is 13.0 Å². The van der Waals surface area contributed by atoms with Crippen molar-refractivity contribution in [3.05, 3.63) is 29.7 Å². The van der Waals surface area contributed by atoms with E-state index in [1.54, 1.807) is 0 Å². The van der Waals surface area contributed by atoms with E-state index in [-0.39, 0.29) is 0 Å². The van der Waals surface area contributed by atoms with E-state index < -0.39 is 0 Å². The molecule has 0 radical (unpaired) electrons. The highest BCUT2D eigenvalue weighted by Crippen LogP contribution is 2.18. The topological polar surface area (TPSA) is 52.0 Å². The molecule has 2 aromatic rings. The van der Waals surface area contributed by atoms with Gasteiger partial charge in [0.15, 0.2) is 5.58 Å². The average Bonchev–Trinajstić information content (AvgIpc) is 2.68. The van der Waals surface area contributed by atoms with Crippen LogP contribution in [0, 0.1) is 0 Å². The summed E-state index contributed by atoms with van der Waals surface area (Å²) in [5.74, 6) is 0.609. The Morgan fingerprint density at radius 2 is 2.27 bits per heavy atom. The van der Waals surface area contributed by atoms with E-state index in [1.807, 2.05) is 6.07 Å². The fraction of sp³-hybridized carbons (Fsp3) is 0.417. The summed E-state index contributed by atoms with van der Waals surface area (Å²) in [6.07, 6.45) is 3.54. The first-order valence-electron chi connectivity index (χ1n) is 5.42. The van der Waals surface area contributed by atoms with Crippen molar-refractivity contribution in [3.8, 4) is 0 Å². The summed E-state index contributed by atoms with van der Waals surface area (Å²) in [6, 6.07) is 6.17. The number of aromatic nitrogens is 1. The first kappa shape index (κ1) is 10.2. The molecule has 0 spiro atoms. The molecule has 2 rings (SSSR count). The Labute approximate surface area is 89.3 Å². The molecule has 3 heteroatoms. The molecule has 1 aromatic heterocycles. The first-order chi connectivity index (χ1) is 7.33. The summed E-state index contributed by atoms with van der Waals surface area (Å²) in [5, 5.41) is 0. The molecule has 0 amide bonds. The average molecular weight is 204 g/mol. The molecule has 3 nitrogen and oxygen atoms in total. The molecule has 1 heterocycles. The third kappa shape index (κ3) is 2.18. The quantitative estimate of drug-likeness (QED) is 0.832. The van der Waals surface area contributed by atoms with E-state index in [9.17, 15) is 0 Å². The van der Waals surface area contributed by atoms with Crippen LogP contribution >= 0.6 is 0 Å². The standard InChI is InChI=1S/C12H16N2O/c1-2-3-4-9-5-6-11-10(7-9)14-12(8-13)15-11/h5-7H,2-4,8,13H2,1H3.